The van der Waals surface area contributed by atoms with Gasteiger partial charge in [-0.3, -0.25) is 9.59 Å². The van der Waals surface area contributed by atoms with Crippen molar-refractivity contribution in [3.63, 3.8) is 0 Å². The average Bonchev–Trinajstić information content (AvgIpc) is 3.25. The molecule has 0 saturated heterocycles. The van der Waals surface area contributed by atoms with Crippen molar-refractivity contribution in [2.45, 2.75) is 45.6 Å². The second kappa shape index (κ2) is 7.97. The molecule has 3 atom stereocenters. The van der Waals surface area contributed by atoms with Crippen LogP contribution in [0, 0.1) is 11.8 Å². The first-order valence-electron chi connectivity index (χ1n) is 8.23. The first kappa shape index (κ1) is 16.5. The Morgan fingerprint density at radius 3 is 2.55 bits per heavy atom. The molecule has 22 heavy (non-hydrogen) atoms. The zero-order valence-electron chi connectivity index (χ0n) is 13.5. The third-order valence-electron chi connectivity index (χ3n) is 4.21. The van der Waals surface area contributed by atoms with Gasteiger partial charge in [-0.2, -0.15) is 0 Å². The maximum absolute atomic E-state index is 12.1. The molecule has 1 aliphatic carbocycles. The van der Waals surface area contributed by atoms with Gasteiger partial charge in [0.1, 0.15) is 0 Å². The van der Waals surface area contributed by atoms with Crippen LogP contribution >= 0.6 is 0 Å². The van der Waals surface area contributed by atoms with Gasteiger partial charge in [-0.15, -0.1) is 0 Å². The van der Waals surface area contributed by atoms with Crippen molar-refractivity contribution in [1.82, 2.24) is 10.6 Å². The Kier molecular flexibility index (Phi) is 5.99. The van der Waals surface area contributed by atoms with E-state index < -0.39 is 0 Å². The van der Waals surface area contributed by atoms with E-state index in [9.17, 15) is 9.59 Å². The predicted octanol–water partition coefficient (Wildman–Crippen LogP) is 2.81. The summed E-state index contributed by atoms with van der Waals surface area (Å²) in [5.41, 5.74) is 1.13. The predicted molar refractivity (Wildman–Crippen MR) is 87.1 cm³/mol. The summed E-state index contributed by atoms with van der Waals surface area (Å²) in [6.07, 6.45) is 3.24. The highest BCUT2D eigenvalue weighted by Crippen LogP contribution is 2.37. The van der Waals surface area contributed by atoms with Crippen LogP contribution in [0.5, 0.6) is 0 Å². The van der Waals surface area contributed by atoms with Gasteiger partial charge in [-0.25, -0.2) is 0 Å². The lowest BCUT2D eigenvalue weighted by Crippen LogP contribution is -2.33. The fourth-order valence-electron chi connectivity index (χ4n) is 2.68. The maximum atomic E-state index is 12.1. The summed E-state index contributed by atoms with van der Waals surface area (Å²) in [4.78, 5) is 23.8. The zero-order valence-corrected chi connectivity index (χ0v) is 13.5. The number of rotatable bonds is 8. The van der Waals surface area contributed by atoms with E-state index in [4.69, 9.17) is 0 Å². The summed E-state index contributed by atoms with van der Waals surface area (Å²) in [5, 5.41) is 5.92. The van der Waals surface area contributed by atoms with E-state index in [0.717, 1.165) is 24.8 Å². The van der Waals surface area contributed by atoms with Gasteiger partial charge in [0.2, 0.25) is 11.8 Å². The molecule has 1 aliphatic rings. The maximum Gasteiger partial charge on any atom is 0.223 e. The fraction of sp³-hybridized carbons (Fsp3) is 0.556. The Labute approximate surface area is 132 Å². The molecule has 4 heteroatoms. The normalized spacial score (nSPS) is 21.0. The third-order valence-corrected chi connectivity index (χ3v) is 4.21. The molecule has 1 saturated carbocycles. The van der Waals surface area contributed by atoms with Crippen molar-refractivity contribution in [3.05, 3.63) is 35.9 Å². The Morgan fingerprint density at radius 1 is 1.27 bits per heavy atom. The molecule has 0 radical (unpaired) electrons. The number of hydrogen-bond donors (Lipinski definition) is 2. The minimum Gasteiger partial charge on any atom is -0.355 e. The zero-order chi connectivity index (χ0) is 15.9. The largest absolute Gasteiger partial charge is 0.355 e. The summed E-state index contributed by atoms with van der Waals surface area (Å²) in [6.45, 7) is 4.60. The number of amides is 2. The Balaban J connectivity index is 1.75. The van der Waals surface area contributed by atoms with E-state index >= 15 is 0 Å². The average molecular weight is 302 g/mol. The van der Waals surface area contributed by atoms with Crippen LogP contribution in [0.4, 0.5) is 0 Å². The minimum atomic E-state index is -0.00792. The smallest absolute Gasteiger partial charge is 0.223 e. The number of carbonyl (C=O) groups is 2. The Hall–Kier alpha value is -1.84. The molecule has 0 aliphatic heterocycles. The molecule has 0 bridgehead atoms. The molecular formula is C18H26N2O2. The van der Waals surface area contributed by atoms with Gasteiger partial charge in [0.15, 0.2) is 0 Å². The second-order valence-electron chi connectivity index (χ2n) is 6.18. The van der Waals surface area contributed by atoms with Crippen LogP contribution < -0.4 is 10.6 Å². The molecule has 0 heterocycles. The number of hydrogen-bond acceptors (Lipinski definition) is 2. The molecule has 120 valence electrons. The van der Waals surface area contributed by atoms with Crippen LogP contribution in [0.1, 0.15) is 51.1 Å². The lowest BCUT2D eigenvalue weighted by molar-refractivity contribution is -0.123. The molecule has 0 aromatic heterocycles. The Bertz CT molecular complexity index is 501. The van der Waals surface area contributed by atoms with E-state index in [-0.39, 0.29) is 23.8 Å². The molecule has 1 aromatic rings. The van der Waals surface area contributed by atoms with E-state index in [1.165, 1.54) is 0 Å². The molecule has 1 fully saturated rings. The molecule has 4 nitrogen and oxygen atoms in total. The van der Waals surface area contributed by atoms with Crippen molar-refractivity contribution >= 4 is 11.8 Å². The van der Waals surface area contributed by atoms with Crippen LogP contribution in [-0.4, -0.2) is 18.4 Å². The summed E-state index contributed by atoms with van der Waals surface area (Å²) < 4.78 is 0. The van der Waals surface area contributed by atoms with Crippen LogP contribution in [0.25, 0.3) is 0 Å². The van der Waals surface area contributed by atoms with Crippen LogP contribution in [0.2, 0.25) is 0 Å². The highest BCUT2D eigenvalue weighted by Gasteiger charge is 2.38. The van der Waals surface area contributed by atoms with Gasteiger partial charge in [0.25, 0.3) is 0 Å². The standard InChI is InChI=1S/C18H26N2O2/c1-3-7-16(14-8-5-4-6-9-14)20-17(21)10-11-19-18(22)15-12-13(15)2/h4-6,8-9,13,15-16H,3,7,10-12H2,1-2H3,(H,19,22)(H,20,21)/t13-,15-,16-/m0/s1. The number of nitrogens with one attached hydrogen (secondary N) is 2. The molecule has 0 spiro atoms. The third kappa shape index (κ3) is 4.86. The summed E-state index contributed by atoms with van der Waals surface area (Å²) in [7, 11) is 0. The van der Waals surface area contributed by atoms with Crippen LogP contribution in [0.3, 0.4) is 0 Å². The van der Waals surface area contributed by atoms with Gasteiger partial charge in [-0.05, 0) is 24.3 Å². The van der Waals surface area contributed by atoms with Gasteiger partial charge in [0, 0.05) is 18.9 Å². The van der Waals surface area contributed by atoms with Gasteiger partial charge < -0.3 is 10.6 Å². The van der Waals surface area contributed by atoms with E-state index in [1.807, 2.05) is 30.3 Å². The molecule has 2 amide bonds. The molecule has 2 rings (SSSR count). The van der Waals surface area contributed by atoms with Crippen molar-refractivity contribution in [2.24, 2.45) is 11.8 Å². The van der Waals surface area contributed by atoms with Crippen molar-refractivity contribution in [3.8, 4) is 0 Å². The minimum absolute atomic E-state index is 0.00792. The monoisotopic (exact) mass is 302 g/mol. The molecule has 2 N–H and O–H groups in total. The number of benzene rings is 1. The molecule has 0 unspecified atom stereocenters. The fourth-order valence-corrected chi connectivity index (χ4v) is 2.68. The number of carbonyl (C=O) groups excluding carboxylic acids is 2. The van der Waals surface area contributed by atoms with Gasteiger partial charge in [-0.1, -0.05) is 50.6 Å². The molecular weight excluding hydrogens is 276 g/mol. The van der Waals surface area contributed by atoms with Crippen molar-refractivity contribution in [2.75, 3.05) is 6.54 Å². The highest BCUT2D eigenvalue weighted by molar-refractivity contribution is 5.82. The summed E-state index contributed by atoms with van der Waals surface area (Å²) in [5.74, 6) is 0.751. The van der Waals surface area contributed by atoms with Crippen LogP contribution in [0.15, 0.2) is 30.3 Å². The Morgan fingerprint density at radius 2 is 1.95 bits per heavy atom. The van der Waals surface area contributed by atoms with E-state index in [1.54, 1.807) is 0 Å². The van der Waals surface area contributed by atoms with Gasteiger partial charge >= 0.3 is 0 Å². The van der Waals surface area contributed by atoms with E-state index in [0.29, 0.717) is 18.9 Å². The molecule has 1 aromatic carbocycles. The first-order valence-corrected chi connectivity index (χ1v) is 8.23. The second-order valence-corrected chi connectivity index (χ2v) is 6.18. The summed E-state index contributed by atoms with van der Waals surface area (Å²) >= 11 is 0. The van der Waals surface area contributed by atoms with Gasteiger partial charge in [0.05, 0.1) is 6.04 Å². The van der Waals surface area contributed by atoms with E-state index in [2.05, 4.69) is 24.5 Å². The lowest BCUT2D eigenvalue weighted by Gasteiger charge is -2.18. The topological polar surface area (TPSA) is 58.2 Å². The lowest BCUT2D eigenvalue weighted by atomic mass is 10.0. The highest BCUT2D eigenvalue weighted by atomic mass is 16.2. The SMILES string of the molecule is CCC[C@H](NC(=O)CCNC(=O)[C@H]1C[C@@H]1C)c1ccccc1. The van der Waals surface area contributed by atoms with Crippen molar-refractivity contribution < 1.29 is 9.59 Å². The summed E-state index contributed by atoms with van der Waals surface area (Å²) in [6, 6.07) is 10.1. The van der Waals surface area contributed by atoms with Crippen molar-refractivity contribution in [1.29, 1.82) is 0 Å². The first-order chi connectivity index (χ1) is 10.6. The quantitative estimate of drug-likeness (QED) is 0.776. The van der Waals surface area contributed by atoms with Crippen LogP contribution in [-0.2, 0) is 9.59 Å².